The fourth-order valence-electron chi connectivity index (χ4n) is 4.08. The summed E-state index contributed by atoms with van der Waals surface area (Å²) in [6.45, 7) is 2.83. The van der Waals surface area contributed by atoms with Crippen LogP contribution in [-0.4, -0.2) is 43.5 Å². The fourth-order valence-corrected chi connectivity index (χ4v) is 4.08. The highest BCUT2D eigenvalue weighted by Gasteiger charge is 2.37. The summed E-state index contributed by atoms with van der Waals surface area (Å²) < 4.78 is 45.8. The van der Waals surface area contributed by atoms with Crippen LogP contribution in [0.4, 0.5) is 13.2 Å². The number of likely N-dealkylation sites (tertiary alicyclic amines) is 1. The van der Waals surface area contributed by atoms with E-state index >= 15 is 0 Å². The van der Waals surface area contributed by atoms with Crippen molar-refractivity contribution in [1.82, 2.24) is 24.5 Å². The van der Waals surface area contributed by atoms with Crippen molar-refractivity contribution >= 4 is 11.7 Å². The van der Waals surface area contributed by atoms with E-state index in [4.69, 9.17) is 4.42 Å². The third-order valence-electron chi connectivity index (χ3n) is 5.87. The summed E-state index contributed by atoms with van der Waals surface area (Å²) in [5.74, 6) is 0.612. The Morgan fingerprint density at radius 3 is 2.57 bits per heavy atom. The van der Waals surface area contributed by atoms with Gasteiger partial charge in [0.25, 0.3) is 17.5 Å². The second-order valence-electron chi connectivity index (χ2n) is 7.97. The first-order valence-corrected chi connectivity index (χ1v) is 9.99. The van der Waals surface area contributed by atoms with Gasteiger partial charge in [0.1, 0.15) is 11.5 Å². The van der Waals surface area contributed by atoms with Crippen LogP contribution in [0.5, 0.6) is 0 Å². The van der Waals surface area contributed by atoms with Gasteiger partial charge in [-0.2, -0.15) is 18.2 Å². The van der Waals surface area contributed by atoms with Crippen molar-refractivity contribution in [1.29, 1.82) is 0 Å². The molecule has 10 heteroatoms. The number of furan rings is 1. The maximum absolute atomic E-state index is 13.0. The first kappa shape index (κ1) is 19.1. The van der Waals surface area contributed by atoms with Crippen molar-refractivity contribution < 1.29 is 22.4 Å². The molecule has 1 amide bonds. The molecule has 0 aromatic carbocycles. The number of carbonyl (C=O) groups excluding carboxylic acids is 1. The summed E-state index contributed by atoms with van der Waals surface area (Å²) in [7, 11) is 0. The maximum Gasteiger partial charge on any atom is 0.453 e. The van der Waals surface area contributed by atoms with Crippen LogP contribution in [0.3, 0.4) is 0 Å². The Bertz CT molecular complexity index is 1110. The summed E-state index contributed by atoms with van der Waals surface area (Å²) in [5.41, 5.74) is 1.23. The molecule has 1 aliphatic carbocycles. The Hall–Kier alpha value is -2.91. The van der Waals surface area contributed by atoms with Crippen LogP contribution in [0, 0.1) is 6.92 Å². The second kappa shape index (κ2) is 6.82. The molecule has 3 aromatic heterocycles. The normalized spacial score (nSPS) is 18.3. The van der Waals surface area contributed by atoms with Crippen molar-refractivity contribution in [3.8, 4) is 0 Å². The zero-order chi connectivity index (χ0) is 21.0. The highest BCUT2D eigenvalue weighted by molar-refractivity contribution is 5.95. The smallest absolute Gasteiger partial charge is 0.453 e. The lowest BCUT2D eigenvalue weighted by Crippen LogP contribution is -2.38. The molecule has 1 aliphatic heterocycles. The Balaban J connectivity index is 1.32. The molecule has 0 radical (unpaired) electrons. The molecule has 2 fully saturated rings. The van der Waals surface area contributed by atoms with E-state index in [0.29, 0.717) is 48.9 Å². The minimum atomic E-state index is -4.62. The van der Waals surface area contributed by atoms with Crippen molar-refractivity contribution in [2.24, 2.45) is 0 Å². The Labute approximate surface area is 169 Å². The monoisotopic (exact) mass is 419 g/mol. The van der Waals surface area contributed by atoms with E-state index < -0.39 is 12.0 Å². The minimum absolute atomic E-state index is 0.0326. The highest BCUT2D eigenvalue weighted by atomic mass is 19.4. The first-order chi connectivity index (χ1) is 14.3. The predicted molar refractivity (Wildman–Crippen MR) is 99.1 cm³/mol. The number of piperidine rings is 1. The largest absolute Gasteiger partial charge is 0.465 e. The van der Waals surface area contributed by atoms with Gasteiger partial charge < -0.3 is 9.32 Å². The Morgan fingerprint density at radius 2 is 1.90 bits per heavy atom. The van der Waals surface area contributed by atoms with Crippen LogP contribution in [0.2, 0.25) is 0 Å². The number of aromatic nitrogens is 4. The van der Waals surface area contributed by atoms with Crippen LogP contribution in [0.15, 0.2) is 22.7 Å². The van der Waals surface area contributed by atoms with Crippen LogP contribution in [-0.2, 0) is 6.18 Å². The molecule has 30 heavy (non-hydrogen) atoms. The van der Waals surface area contributed by atoms with Gasteiger partial charge in [0.2, 0.25) is 0 Å². The fraction of sp³-hybridized carbons (Fsp3) is 0.500. The number of amides is 1. The molecule has 0 bridgehead atoms. The molecule has 7 nitrogen and oxygen atoms in total. The Morgan fingerprint density at radius 1 is 1.17 bits per heavy atom. The third-order valence-corrected chi connectivity index (χ3v) is 5.87. The molecule has 2 aliphatic rings. The molecule has 0 unspecified atom stereocenters. The number of hydrogen-bond acceptors (Lipinski definition) is 5. The lowest BCUT2D eigenvalue weighted by Gasteiger charge is -2.32. The molecule has 0 N–H and O–H groups in total. The average molecular weight is 419 g/mol. The second-order valence-corrected chi connectivity index (χ2v) is 7.97. The van der Waals surface area contributed by atoms with E-state index in [1.165, 1.54) is 10.7 Å². The van der Waals surface area contributed by atoms with E-state index in [-0.39, 0.29) is 17.6 Å². The van der Waals surface area contributed by atoms with Gasteiger partial charge in [0.15, 0.2) is 0 Å². The predicted octanol–water partition coefficient (Wildman–Crippen LogP) is 3.94. The molecule has 0 atom stereocenters. The summed E-state index contributed by atoms with van der Waals surface area (Å²) in [6.07, 6.45) is 0.278. The lowest BCUT2D eigenvalue weighted by atomic mass is 9.93. The average Bonchev–Trinajstić information content (AvgIpc) is 3.34. The first-order valence-electron chi connectivity index (χ1n) is 9.99. The summed E-state index contributed by atoms with van der Waals surface area (Å²) >= 11 is 0. The van der Waals surface area contributed by atoms with E-state index in [9.17, 15) is 18.0 Å². The number of fused-ring (bicyclic) bond motifs is 1. The van der Waals surface area contributed by atoms with Gasteiger partial charge in [0.05, 0.1) is 11.3 Å². The van der Waals surface area contributed by atoms with Gasteiger partial charge in [0, 0.05) is 31.1 Å². The van der Waals surface area contributed by atoms with Gasteiger partial charge in [-0.1, -0.05) is 0 Å². The molecule has 5 rings (SSSR count). The van der Waals surface area contributed by atoms with Crippen LogP contribution < -0.4 is 0 Å². The molecule has 158 valence electrons. The highest BCUT2D eigenvalue weighted by Crippen LogP contribution is 2.42. The van der Waals surface area contributed by atoms with Crippen molar-refractivity contribution in [2.75, 3.05) is 13.1 Å². The van der Waals surface area contributed by atoms with Crippen LogP contribution in [0.1, 0.15) is 70.9 Å². The summed E-state index contributed by atoms with van der Waals surface area (Å²) in [5, 5.41) is 3.62. The number of hydrogen-bond donors (Lipinski definition) is 0. The quantitative estimate of drug-likeness (QED) is 0.643. The molecule has 1 saturated carbocycles. The Kier molecular flexibility index (Phi) is 4.33. The summed E-state index contributed by atoms with van der Waals surface area (Å²) in [6, 6.07) is 3.54. The summed E-state index contributed by atoms with van der Waals surface area (Å²) in [4.78, 5) is 22.1. The third kappa shape index (κ3) is 3.33. The number of rotatable bonds is 3. The molecular formula is C20H20F3N5O2. The molecule has 3 aromatic rings. The molecule has 4 heterocycles. The number of halogens is 3. The van der Waals surface area contributed by atoms with Gasteiger partial charge in [-0.25, -0.2) is 9.50 Å². The lowest BCUT2D eigenvalue weighted by molar-refractivity contribution is -0.144. The standard InChI is InChI=1S/C20H20F3N5O2/c1-11-14(10-16(30-11)13-2-3-13)17(29)27-8-5-12(6-9-27)15-4-7-24-19-25-18(20(21,22)23)26-28(15)19/h4,7,10,12-13H,2-3,5-6,8-9H2,1H3. The SMILES string of the molecule is Cc1oc(C2CC2)cc1C(=O)N1CCC(c2ccnc3nc(C(F)(F)F)nn23)CC1. The van der Waals surface area contributed by atoms with Gasteiger partial charge in [-0.3, -0.25) is 4.79 Å². The van der Waals surface area contributed by atoms with Crippen LogP contribution >= 0.6 is 0 Å². The molecular weight excluding hydrogens is 399 g/mol. The maximum atomic E-state index is 13.0. The van der Waals surface area contributed by atoms with Gasteiger partial charge >= 0.3 is 6.18 Å². The number of alkyl halides is 3. The number of nitrogens with zero attached hydrogens (tertiary/aromatic N) is 5. The van der Waals surface area contributed by atoms with E-state index in [1.54, 1.807) is 11.0 Å². The zero-order valence-electron chi connectivity index (χ0n) is 16.3. The van der Waals surface area contributed by atoms with E-state index in [1.807, 2.05) is 13.0 Å². The van der Waals surface area contributed by atoms with Crippen molar-refractivity contribution in [2.45, 2.75) is 50.6 Å². The van der Waals surface area contributed by atoms with E-state index in [0.717, 1.165) is 18.6 Å². The minimum Gasteiger partial charge on any atom is -0.465 e. The number of aryl methyl sites for hydroxylation is 1. The van der Waals surface area contributed by atoms with Gasteiger partial charge in [-0.05, 0) is 44.7 Å². The zero-order valence-corrected chi connectivity index (χ0v) is 16.3. The molecule has 0 spiro atoms. The van der Waals surface area contributed by atoms with E-state index in [2.05, 4.69) is 15.1 Å². The topological polar surface area (TPSA) is 76.5 Å². The van der Waals surface area contributed by atoms with Crippen LogP contribution in [0.25, 0.3) is 5.78 Å². The van der Waals surface area contributed by atoms with Gasteiger partial charge in [-0.15, -0.1) is 5.10 Å². The molecule has 1 saturated heterocycles. The van der Waals surface area contributed by atoms with Crippen molar-refractivity contribution in [3.05, 3.63) is 46.9 Å². The van der Waals surface area contributed by atoms with Crippen molar-refractivity contribution in [3.63, 3.8) is 0 Å². The number of carbonyl (C=O) groups is 1.